The van der Waals surface area contributed by atoms with Gasteiger partial charge in [-0.3, -0.25) is 4.79 Å². The molecule has 0 fully saturated rings. The van der Waals surface area contributed by atoms with Crippen LogP contribution in [0.5, 0.6) is 5.75 Å². The summed E-state index contributed by atoms with van der Waals surface area (Å²) in [5.41, 5.74) is 2.28. The number of phenolic OH excluding ortho intramolecular Hbond substituents is 1. The number of aliphatic carboxylic acids is 1. The Hall–Kier alpha value is -1.71. The van der Waals surface area contributed by atoms with Crippen LogP contribution in [0.25, 0.3) is 0 Å². The zero-order chi connectivity index (χ0) is 11.6. The van der Waals surface area contributed by atoms with Crippen molar-refractivity contribution in [3.63, 3.8) is 0 Å². The zero-order valence-electron chi connectivity index (χ0n) is 9.03. The Morgan fingerprint density at radius 3 is 2.47 bits per heavy atom. The predicted molar refractivity (Wildman–Crippen MR) is 58.3 cm³/mol. The summed E-state index contributed by atoms with van der Waals surface area (Å²) in [6.45, 7) is 5.16. The molecular formula is C11H15NO3. The van der Waals surface area contributed by atoms with Gasteiger partial charge in [-0.1, -0.05) is 0 Å². The molecule has 1 aromatic rings. The number of anilines is 1. The van der Waals surface area contributed by atoms with Gasteiger partial charge in [0.1, 0.15) is 11.8 Å². The fraction of sp³-hybridized carbons (Fsp3) is 0.364. The van der Waals surface area contributed by atoms with Crippen LogP contribution in [0.1, 0.15) is 18.1 Å². The number of benzene rings is 1. The predicted octanol–water partition coefficient (Wildman–Crippen LogP) is 1.89. The highest BCUT2D eigenvalue weighted by Gasteiger charge is 2.12. The first-order chi connectivity index (χ1) is 6.91. The zero-order valence-corrected chi connectivity index (χ0v) is 9.03. The molecule has 1 aromatic carbocycles. The number of carbonyl (C=O) groups is 1. The highest BCUT2D eigenvalue weighted by molar-refractivity contribution is 5.77. The molecule has 1 atom stereocenters. The standard InChI is InChI=1S/C11H15NO3/c1-6-5-10(13)7(2)4-9(6)12-8(3)11(14)15/h4-5,8,12-13H,1-3H3,(H,14,15). The van der Waals surface area contributed by atoms with Crippen molar-refractivity contribution in [1.82, 2.24) is 0 Å². The number of nitrogens with one attached hydrogen (secondary N) is 1. The molecule has 4 nitrogen and oxygen atoms in total. The highest BCUT2D eigenvalue weighted by Crippen LogP contribution is 2.25. The molecule has 82 valence electrons. The molecule has 0 saturated carbocycles. The van der Waals surface area contributed by atoms with E-state index in [9.17, 15) is 9.90 Å². The summed E-state index contributed by atoms with van der Waals surface area (Å²) in [6, 6.07) is 2.71. The molecule has 15 heavy (non-hydrogen) atoms. The van der Waals surface area contributed by atoms with Gasteiger partial charge in [-0.05, 0) is 44.0 Å². The smallest absolute Gasteiger partial charge is 0.325 e. The monoisotopic (exact) mass is 209 g/mol. The molecule has 0 radical (unpaired) electrons. The Balaban J connectivity index is 2.95. The van der Waals surface area contributed by atoms with Crippen LogP contribution in [0.4, 0.5) is 5.69 Å². The second-order valence-corrected chi connectivity index (χ2v) is 3.66. The molecule has 0 spiro atoms. The van der Waals surface area contributed by atoms with Crippen molar-refractivity contribution in [2.75, 3.05) is 5.32 Å². The van der Waals surface area contributed by atoms with E-state index in [1.54, 1.807) is 26.0 Å². The molecule has 0 aliphatic rings. The summed E-state index contributed by atoms with van der Waals surface area (Å²) in [6.07, 6.45) is 0. The third kappa shape index (κ3) is 2.62. The summed E-state index contributed by atoms with van der Waals surface area (Å²) in [5, 5.41) is 21.0. The molecule has 0 bridgehead atoms. The maximum Gasteiger partial charge on any atom is 0.325 e. The van der Waals surface area contributed by atoms with Gasteiger partial charge in [0.15, 0.2) is 0 Å². The van der Waals surface area contributed by atoms with Crippen molar-refractivity contribution in [3.05, 3.63) is 23.3 Å². The second-order valence-electron chi connectivity index (χ2n) is 3.66. The number of aryl methyl sites for hydroxylation is 2. The van der Waals surface area contributed by atoms with Gasteiger partial charge >= 0.3 is 5.97 Å². The molecule has 0 aliphatic heterocycles. The van der Waals surface area contributed by atoms with Gasteiger partial charge in [0.05, 0.1) is 0 Å². The number of aromatic hydroxyl groups is 1. The molecule has 3 N–H and O–H groups in total. The maximum absolute atomic E-state index is 10.7. The van der Waals surface area contributed by atoms with Crippen LogP contribution in [-0.2, 0) is 4.79 Å². The fourth-order valence-corrected chi connectivity index (χ4v) is 1.25. The van der Waals surface area contributed by atoms with E-state index in [1.807, 2.05) is 6.92 Å². The van der Waals surface area contributed by atoms with Crippen LogP contribution in [0.15, 0.2) is 12.1 Å². The average molecular weight is 209 g/mol. The summed E-state index contributed by atoms with van der Waals surface area (Å²) >= 11 is 0. The average Bonchev–Trinajstić information content (AvgIpc) is 2.13. The lowest BCUT2D eigenvalue weighted by Crippen LogP contribution is -2.25. The molecule has 1 unspecified atom stereocenters. The Bertz CT molecular complexity index is 388. The van der Waals surface area contributed by atoms with E-state index >= 15 is 0 Å². The van der Waals surface area contributed by atoms with Crippen LogP contribution in [0.2, 0.25) is 0 Å². The number of hydrogen-bond acceptors (Lipinski definition) is 3. The molecular weight excluding hydrogens is 194 g/mol. The topological polar surface area (TPSA) is 69.6 Å². The van der Waals surface area contributed by atoms with Crippen molar-refractivity contribution in [2.24, 2.45) is 0 Å². The number of rotatable bonds is 3. The summed E-state index contributed by atoms with van der Waals surface area (Å²) < 4.78 is 0. The summed E-state index contributed by atoms with van der Waals surface area (Å²) in [7, 11) is 0. The van der Waals surface area contributed by atoms with Crippen molar-refractivity contribution >= 4 is 11.7 Å². The lowest BCUT2D eigenvalue weighted by Gasteiger charge is -2.14. The number of carboxylic acids is 1. The molecule has 0 amide bonds. The third-order valence-corrected chi connectivity index (χ3v) is 2.29. The van der Waals surface area contributed by atoms with Crippen molar-refractivity contribution in [2.45, 2.75) is 26.8 Å². The second kappa shape index (κ2) is 4.21. The molecule has 0 aliphatic carbocycles. The van der Waals surface area contributed by atoms with Crippen LogP contribution in [0.3, 0.4) is 0 Å². The molecule has 4 heteroatoms. The summed E-state index contributed by atoms with van der Waals surface area (Å²) in [5.74, 6) is -0.679. The Morgan fingerprint density at radius 1 is 1.33 bits per heavy atom. The Morgan fingerprint density at radius 2 is 1.93 bits per heavy atom. The molecule has 1 rings (SSSR count). The number of hydrogen-bond donors (Lipinski definition) is 3. The minimum absolute atomic E-state index is 0.223. The van der Waals surface area contributed by atoms with Gasteiger partial charge < -0.3 is 15.5 Å². The molecule has 0 saturated heterocycles. The van der Waals surface area contributed by atoms with Gasteiger partial charge in [0, 0.05) is 5.69 Å². The molecule has 0 heterocycles. The van der Waals surface area contributed by atoms with Crippen molar-refractivity contribution in [3.8, 4) is 5.75 Å². The van der Waals surface area contributed by atoms with E-state index < -0.39 is 12.0 Å². The van der Waals surface area contributed by atoms with E-state index in [2.05, 4.69) is 5.32 Å². The lowest BCUT2D eigenvalue weighted by atomic mass is 10.1. The van der Waals surface area contributed by atoms with Gasteiger partial charge in [0.25, 0.3) is 0 Å². The number of carboxylic acid groups (broad SMARTS) is 1. The van der Waals surface area contributed by atoms with Gasteiger partial charge in [-0.25, -0.2) is 0 Å². The van der Waals surface area contributed by atoms with Gasteiger partial charge in [-0.2, -0.15) is 0 Å². The first kappa shape index (κ1) is 11.4. The minimum atomic E-state index is -0.903. The normalized spacial score (nSPS) is 12.2. The van der Waals surface area contributed by atoms with Crippen LogP contribution in [-0.4, -0.2) is 22.2 Å². The number of phenols is 1. The van der Waals surface area contributed by atoms with Gasteiger partial charge in [0.2, 0.25) is 0 Å². The largest absolute Gasteiger partial charge is 0.508 e. The molecule has 0 aromatic heterocycles. The fourth-order valence-electron chi connectivity index (χ4n) is 1.25. The Kier molecular flexibility index (Phi) is 3.19. The Labute approximate surface area is 88.6 Å². The maximum atomic E-state index is 10.7. The summed E-state index contributed by atoms with van der Waals surface area (Å²) in [4.78, 5) is 10.7. The quantitative estimate of drug-likeness (QED) is 0.665. The van der Waals surface area contributed by atoms with Crippen molar-refractivity contribution < 1.29 is 15.0 Å². The lowest BCUT2D eigenvalue weighted by molar-refractivity contribution is -0.137. The van der Waals surface area contributed by atoms with E-state index in [0.29, 0.717) is 0 Å². The third-order valence-electron chi connectivity index (χ3n) is 2.29. The first-order valence-corrected chi connectivity index (χ1v) is 4.71. The van der Waals surface area contributed by atoms with E-state index in [4.69, 9.17) is 5.11 Å². The first-order valence-electron chi connectivity index (χ1n) is 4.71. The SMILES string of the molecule is Cc1cc(NC(C)C(=O)O)c(C)cc1O. The van der Waals surface area contributed by atoms with Crippen LogP contribution >= 0.6 is 0 Å². The minimum Gasteiger partial charge on any atom is -0.508 e. The van der Waals surface area contributed by atoms with Crippen LogP contribution < -0.4 is 5.32 Å². The van der Waals surface area contributed by atoms with Crippen molar-refractivity contribution in [1.29, 1.82) is 0 Å². The van der Waals surface area contributed by atoms with E-state index in [0.717, 1.165) is 16.8 Å². The van der Waals surface area contributed by atoms with E-state index in [1.165, 1.54) is 0 Å². The van der Waals surface area contributed by atoms with Crippen LogP contribution in [0, 0.1) is 13.8 Å². The van der Waals surface area contributed by atoms with Gasteiger partial charge in [-0.15, -0.1) is 0 Å². The van der Waals surface area contributed by atoms with E-state index in [-0.39, 0.29) is 5.75 Å². The highest BCUT2D eigenvalue weighted by atomic mass is 16.4.